The number of aryl methyl sites for hydroxylation is 2. The number of imidazole rings is 1. The van der Waals surface area contributed by atoms with E-state index in [9.17, 15) is 13.6 Å². The fourth-order valence-corrected chi connectivity index (χ4v) is 5.73. The number of hydrogen-bond acceptors (Lipinski definition) is 5. The van der Waals surface area contributed by atoms with E-state index >= 15 is 0 Å². The lowest BCUT2D eigenvalue weighted by Crippen LogP contribution is -2.46. The quantitative estimate of drug-likeness (QED) is 0.173. The Morgan fingerprint density at radius 3 is 2.16 bits per heavy atom. The molecule has 1 aliphatic rings. The van der Waals surface area contributed by atoms with Gasteiger partial charge in [0.05, 0.1) is 5.69 Å². The van der Waals surface area contributed by atoms with Crippen LogP contribution in [-0.2, 0) is 12.8 Å². The highest BCUT2D eigenvalue weighted by Crippen LogP contribution is 2.28. The smallest absolute Gasteiger partial charge is 0.397 e. The third kappa shape index (κ3) is 7.29. The van der Waals surface area contributed by atoms with Gasteiger partial charge in [0.2, 0.25) is 0 Å². The number of anilines is 2. The molecule has 7 nitrogen and oxygen atoms in total. The molecule has 1 fully saturated rings. The fraction of sp³-hybridized carbons (Fsp3) is 0.394. The second-order valence-electron chi connectivity index (χ2n) is 10.9. The minimum atomic E-state index is -3.15. The van der Waals surface area contributed by atoms with Crippen LogP contribution >= 0.6 is 15.9 Å². The van der Waals surface area contributed by atoms with Crippen molar-refractivity contribution >= 4 is 38.9 Å². The summed E-state index contributed by atoms with van der Waals surface area (Å²) in [6.07, 6.45) is 0.827. The van der Waals surface area contributed by atoms with Crippen LogP contribution in [-0.4, -0.2) is 66.1 Å². The van der Waals surface area contributed by atoms with Crippen molar-refractivity contribution in [3.63, 3.8) is 0 Å². The first-order valence-corrected chi connectivity index (χ1v) is 15.6. The zero-order chi connectivity index (χ0) is 30.6. The van der Waals surface area contributed by atoms with Gasteiger partial charge in [-0.05, 0) is 73.4 Å². The summed E-state index contributed by atoms with van der Waals surface area (Å²) in [6, 6.07) is 19.4. The minimum absolute atomic E-state index is 0.0107. The van der Waals surface area contributed by atoms with Gasteiger partial charge in [0.1, 0.15) is 17.1 Å². The zero-order valence-corrected chi connectivity index (χ0v) is 26.5. The molecule has 0 bridgehead atoms. The van der Waals surface area contributed by atoms with Crippen LogP contribution in [0.1, 0.15) is 48.4 Å². The van der Waals surface area contributed by atoms with Crippen molar-refractivity contribution in [2.45, 2.75) is 45.6 Å². The van der Waals surface area contributed by atoms with Crippen molar-refractivity contribution in [1.29, 1.82) is 0 Å². The number of carbonyl (C=O) groups excluding carboxylic acids is 1. The van der Waals surface area contributed by atoms with Gasteiger partial charge in [-0.2, -0.15) is 8.78 Å². The Morgan fingerprint density at radius 2 is 1.58 bits per heavy atom. The SMILES string of the molecule is CCc1nc2cc(Br)ccn2c1C(=O)N(C)CCCc1ccc(N2CCN(c3ccc(OC(F)(F)CC)cc3)CC2)cc1. The van der Waals surface area contributed by atoms with Crippen molar-refractivity contribution in [2.24, 2.45) is 0 Å². The second kappa shape index (κ2) is 13.3. The van der Waals surface area contributed by atoms with Crippen LogP contribution in [0.15, 0.2) is 71.3 Å². The molecule has 0 saturated carbocycles. The van der Waals surface area contributed by atoms with Crippen molar-refractivity contribution in [3.05, 3.63) is 88.3 Å². The molecule has 0 atom stereocenters. The summed E-state index contributed by atoms with van der Waals surface area (Å²) < 4.78 is 34.6. The van der Waals surface area contributed by atoms with Crippen molar-refractivity contribution in [3.8, 4) is 5.75 Å². The number of amides is 1. The summed E-state index contributed by atoms with van der Waals surface area (Å²) in [7, 11) is 1.86. The van der Waals surface area contributed by atoms with Crippen molar-refractivity contribution in [2.75, 3.05) is 49.6 Å². The largest absolute Gasteiger partial charge is 0.433 e. The number of halogens is 3. The van der Waals surface area contributed by atoms with E-state index in [2.05, 4.69) is 55.0 Å². The molecule has 0 unspecified atom stereocenters. The topological polar surface area (TPSA) is 53.3 Å². The third-order valence-corrected chi connectivity index (χ3v) is 8.46. The number of aromatic nitrogens is 2. The van der Waals surface area contributed by atoms with Gasteiger partial charge >= 0.3 is 6.11 Å². The van der Waals surface area contributed by atoms with Crippen LogP contribution in [0.3, 0.4) is 0 Å². The number of rotatable bonds is 11. The van der Waals surface area contributed by atoms with Crippen LogP contribution in [0, 0.1) is 0 Å². The Balaban J connectivity index is 1.10. The molecule has 10 heteroatoms. The Labute approximate surface area is 260 Å². The van der Waals surface area contributed by atoms with Crippen LogP contribution < -0.4 is 14.5 Å². The number of piperazine rings is 1. The number of alkyl halides is 2. The second-order valence-corrected chi connectivity index (χ2v) is 11.8. The average Bonchev–Trinajstić information content (AvgIpc) is 3.39. The number of ether oxygens (including phenoxy) is 1. The van der Waals surface area contributed by atoms with E-state index in [1.165, 1.54) is 18.2 Å². The summed E-state index contributed by atoms with van der Waals surface area (Å²) in [5, 5.41) is 0. The maximum absolute atomic E-state index is 13.5. The molecule has 0 radical (unpaired) electrons. The molecule has 228 valence electrons. The number of nitrogens with zero attached hydrogens (tertiary/aromatic N) is 5. The molecule has 1 aliphatic heterocycles. The van der Waals surface area contributed by atoms with E-state index in [4.69, 9.17) is 4.74 Å². The van der Waals surface area contributed by atoms with E-state index < -0.39 is 6.11 Å². The van der Waals surface area contributed by atoms with Gasteiger partial charge in [-0.25, -0.2) is 4.98 Å². The highest BCUT2D eigenvalue weighted by atomic mass is 79.9. The van der Waals surface area contributed by atoms with E-state index in [-0.39, 0.29) is 18.1 Å². The maximum atomic E-state index is 13.5. The summed E-state index contributed by atoms with van der Waals surface area (Å²) >= 11 is 3.48. The van der Waals surface area contributed by atoms with Gasteiger partial charge in [0.25, 0.3) is 5.91 Å². The summed E-state index contributed by atoms with van der Waals surface area (Å²) in [6.45, 7) is 7.51. The van der Waals surface area contributed by atoms with Crippen molar-refractivity contribution in [1.82, 2.24) is 14.3 Å². The first-order chi connectivity index (χ1) is 20.7. The zero-order valence-electron chi connectivity index (χ0n) is 24.9. The molecule has 0 aliphatic carbocycles. The Hall–Kier alpha value is -3.66. The van der Waals surface area contributed by atoms with Crippen LogP contribution in [0.5, 0.6) is 5.75 Å². The van der Waals surface area contributed by atoms with Crippen molar-refractivity contribution < 1.29 is 18.3 Å². The Bertz CT molecular complexity index is 1530. The monoisotopic (exact) mass is 653 g/mol. The molecule has 0 spiro atoms. The first-order valence-electron chi connectivity index (χ1n) is 14.8. The van der Waals surface area contributed by atoms with Crippen LogP contribution in [0.25, 0.3) is 5.65 Å². The molecule has 43 heavy (non-hydrogen) atoms. The normalized spacial score (nSPS) is 13.9. The highest BCUT2D eigenvalue weighted by Gasteiger charge is 2.28. The molecule has 1 amide bonds. The predicted molar refractivity (Wildman–Crippen MR) is 171 cm³/mol. The number of pyridine rings is 1. The Kier molecular flexibility index (Phi) is 9.54. The Morgan fingerprint density at radius 1 is 0.977 bits per heavy atom. The van der Waals surface area contributed by atoms with Crippen LogP contribution in [0.2, 0.25) is 0 Å². The fourth-order valence-electron chi connectivity index (χ4n) is 5.41. The standard InChI is InChI=1S/C33H38BrF2N5O2/c1-4-29-31(41-18-16-25(34)23-30(41)37-29)32(42)38(3)17-6-7-24-8-10-26(11-9-24)39-19-21-40(22-20-39)27-12-14-28(15-13-27)43-33(35,36)5-2/h8-16,18,23H,4-7,17,19-22H2,1-3H3. The number of carbonyl (C=O) groups is 1. The van der Waals surface area contributed by atoms with E-state index in [1.807, 2.05) is 48.8 Å². The summed E-state index contributed by atoms with van der Waals surface area (Å²) in [4.78, 5) is 24.4. The van der Waals surface area contributed by atoms with Gasteiger partial charge in [-0.1, -0.05) is 41.9 Å². The number of fused-ring (bicyclic) bond motifs is 1. The molecule has 4 aromatic rings. The predicted octanol–water partition coefficient (Wildman–Crippen LogP) is 7.07. The van der Waals surface area contributed by atoms with E-state index in [1.54, 1.807) is 17.0 Å². The molecule has 3 heterocycles. The third-order valence-electron chi connectivity index (χ3n) is 7.97. The molecular formula is C33H38BrF2N5O2. The van der Waals surface area contributed by atoms with Gasteiger partial charge in [-0.15, -0.1) is 0 Å². The lowest BCUT2D eigenvalue weighted by Gasteiger charge is -2.37. The van der Waals surface area contributed by atoms with Crippen LogP contribution in [0.4, 0.5) is 20.2 Å². The summed E-state index contributed by atoms with van der Waals surface area (Å²) in [5.74, 6) is 0.169. The molecule has 0 N–H and O–H groups in total. The summed E-state index contributed by atoms with van der Waals surface area (Å²) in [5.41, 5.74) is 5.66. The number of hydrogen-bond donors (Lipinski definition) is 0. The van der Waals surface area contributed by atoms with Gasteiger partial charge in [0, 0.05) is 68.2 Å². The first kappa shape index (κ1) is 30.8. The van der Waals surface area contributed by atoms with E-state index in [0.717, 1.165) is 60.5 Å². The lowest BCUT2D eigenvalue weighted by atomic mass is 10.1. The molecular weight excluding hydrogens is 616 g/mol. The molecule has 1 saturated heterocycles. The van der Waals surface area contributed by atoms with Gasteiger partial charge in [0.15, 0.2) is 0 Å². The minimum Gasteiger partial charge on any atom is -0.433 e. The number of benzene rings is 2. The lowest BCUT2D eigenvalue weighted by molar-refractivity contribution is -0.177. The molecule has 2 aromatic carbocycles. The van der Waals surface area contributed by atoms with Gasteiger partial charge in [-0.3, -0.25) is 9.20 Å². The van der Waals surface area contributed by atoms with Gasteiger partial charge < -0.3 is 19.4 Å². The van der Waals surface area contributed by atoms with E-state index in [0.29, 0.717) is 18.7 Å². The average molecular weight is 655 g/mol. The highest BCUT2D eigenvalue weighted by molar-refractivity contribution is 9.10. The molecule has 2 aromatic heterocycles. The molecule has 5 rings (SSSR count). The maximum Gasteiger partial charge on any atom is 0.397 e.